The van der Waals surface area contributed by atoms with E-state index >= 15 is 0 Å². The molecule has 2 rings (SSSR count). The van der Waals surface area contributed by atoms with Gasteiger partial charge < -0.3 is 10.8 Å². The Morgan fingerprint density at radius 3 is 3.23 bits per heavy atom. The second-order valence-electron chi connectivity index (χ2n) is 2.74. The van der Waals surface area contributed by atoms with E-state index in [1.807, 2.05) is 0 Å². The van der Waals surface area contributed by atoms with E-state index in [9.17, 15) is 5.11 Å². The molecule has 2 heterocycles. The molecule has 3 N–H and O–H groups in total. The molecular weight excluding hydrogens is 168 g/mol. The first-order valence-electron chi connectivity index (χ1n) is 3.99. The van der Waals surface area contributed by atoms with Gasteiger partial charge in [0.05, 0.1) is 6.10 Å². The molecule has 0 radical (unpaired) electrons. The summed E-state index contributed by atoms with van der Waals surface area (Å²) in [6.07, 6.45) is 2.55. The van der Waals surface area contributed by atoms with Gasteiger partial charge in [-0.3, -0.25) is 0 Å². The summed E-state index contributed by atoms with van der Waals surface area (Å²) in [5.41, 5.74) is 6.72. The Kier molecular flexibility index (Phi) is 1.96. The summed E-state index contributed by atoms with van der Waals surface area (Å²) in [6, 6.07) is 3.59. The lowest BCUT2D eigenvalue weighted by molar-refractivity contribution is 0.187. The largest absolute Gasteiger partial charge is 0.387 e. The molecule has 5 heteroatoms. The quantitative estimate of drug-likeness (QED) is 0.663. The second-order valence-corrected chi connectivity index (χ2v) is 2.74. The lowest BCUT2D eigenvalue weighted by Crippen LogP contribution is -2.12. The fourth-order valence-electron chi connectivity index (χ4n) is 1.26. The fourth-order valence-corrected chi connectivity index (χ4v) is 1.26. The highest BCUT2D eigenvalue weighted by Crippen LogP contribution is 2.15. The molecule has 0 saturated heterocycles. The zero-order valence-corrected chi connectivity index (χ0v) is 6.96. The Hall–Kier alpha value is -1.46. The van der Waals surface area contributed by atoms with E-state index in [-0.39, 0.29) is 6.54 Å². The Balaban J connectivity index is 2.60. The standard InChI is InChI=1S/C8H10N4O/c9-4-7(13)6-2-1-3-12-8(6)10-5-11-12/h1-3,5,7,13H,4,9H2. The van der Waals surface area contributed by atoms with Gasteiger partial charge in [-0.05, 0) is 6.07 Å². The number of nitrogens with zero attached hydrogens (tertiary/aromatic N) is 3. The van der Waals surface area contributed by atoms with E-state index in [1.54, 1.807) is 22.8 Å². The van der Waals surface area contributed by atoms with Crippen molar-refractivity contribution in [1.29, 1.82) is 0 Å². The van der Waals surface area contributed by atoms with Crippen LogP contribution < -0.4 is 5.73 Å². The number of aliphatic hydroxyl groups is 1. The molecule has 2 aromatic rings. The summed E-state index contributed by atoms with van der Waals surface area (Å²) < 4.78 is 1.61. The molecule has 0 bridgehead atoms. The molecule has 13 heavy (non-hydrogen) atoms. The number of nitrogens with two attached hydrogens (primary N) is 1. The lowest BCUT2D eigenvalue weighted by atomic mass is 10.1. The summed E-state index contributed by atoms with van der Waals surface area (Å²) in [6.45, 7) is 0.187. The van der Waals surface area contributed by atoms with Gasteiger partial charge in [0, 0.05) is 18.3 Å². The number of aromatic nitrogens is 3. The molecule has 0 aliphatic heterocycles. The second kappa shape index (κ2) is 3.12. The Bertz CT molecular complexity index is 411. The van der Waals surface area contributed by atoms with Gasteiger partial charge in [0.15, 0.2) is 5.65 Å². The van der Waals surface area contributed by atoms with Crippen molar-refractivity contribution in [2.24, 2.45) is 5.73 Å². The molecule has 2 aromatic heterocycles. The van der Waals surface area contributed by atoms with Gasteiger partial charge in [-0.2, -0.15) is 5.10 Å². The molecule has 0 amide bonds. The first kappa shape index (κ1) is 8.15. The molecule has 0 saturated carbocycles. The Morgan fingerprint density at radius 2 is 2.46 bits per heavy atom. The Morgan fingerprint density at radius 1 is 1.62 bits per heavy atom. The van der Waals surface area contributed by atoms with Crippen LogP contribution in [0.15, 0.2) is 24.7 Å². The van der Waals surface area contributed by atoms with Crippen molar-refractivity contribution in [1.82, 2.24) is 14.6 Å². The summed E-state index contributed by atoms with van der Waals surface area (Å²) in [5, 5.41) is 13.5. The minimum Gasteiger partial charge on any atom is -0.387 e. The van der Waals surface area contributed by atoms with Crippen LogP contribution in [0.3, 0.4) is 0 Å². The number of hydrogen-bond donors (Lipinski definition) is 2. The fraction of sp³-hybridized carbons (Fsp3) is 0.250. The Labute approximate surface area is 74.8 Å². The first-order valence-corrected chi connectivity index (χ1v) is 3.99. The van der Waals surface area contributed by atoms with Crippen LogP contribution in [0.5, 0.6) is 0 Å². The molecule has 0 fully saturated rings. The van der Waals surface area contributed by atoms with Crippen LogP contribution in [0.25, 0.3) is 5.65 Å². The molecule has 0 aliphatic rings. The lowest BCUT2D eigenvalue weighted by Gasteiger charge is -2.07. The third kappa shape index (κ3) is 1.28. The number of hydrogen-bond acceptors (Lipinski definition) is 4. The zero-order chi connectivity index (χ0) is 9.26. The van der Waals surface area contributed by atoms with Crippen molar-refractivity contribution in [3.63, 3.8) is 0 Å². The van der Waals surface area contributed by atoms with Crippen molar-refractivity contribution < 1.29 is 5.11 Å². The van der Waals surface area contributed by atoms with E-state index in [4.69, 9.17) is 5.73 Å². The summed E-state index contributed by atoms with van der Waals surface area (Å²) >= 11 is 0. The maximum atomic E-state index is 9.54. The maximum Gasteiger partial charge on any atom is 0.161 e. The van der Waals surface area contributed by atoms with E-state index in [0.29, 0.717) is 11.2 Å². The van der Waals surface area contributed by atoms with Crippen molar-refractivity contribution in [2.75, 3.05) is 6.54 Å². The number of fused-ring (bicyclic) bond motifs is 1. The monoisotopic (exact) mass is 178 g/mol. The van der Waals surface area contributed by atoms with Crippen LogP contribution in [0.4, 0.5) is 0 Å². The van der Waals surface area contributed by atoms with E-state index in [2.05, 4.69) is 10.1 Å². The van der Waals surface area contributed by atoms with Crippen LogP contribution in [-0.2, 0) is 0 Å². The molecule has 0 aromatic carbocycles. The molecule has 0 aliphatic carbocycles. The average Bonchev–Trinajstić information content (AvgIpc) is 2.63. The predicted octanol–water partition coefficient (Wildman–Crippen LogP) is -0.279. The van der Waals surface area contributed by atoms with E-state index < -0.39 is 6.10 Å². The molecule has 5 nitrogen and oxygen atoms in total. The van der Waals surface area contributed by atoms with Crippen LogP contribution in [-0.4, -0.2) is 26.2 Å². The van der Waals surface area contributed by atoms with Crippen LogP contribution in [0.2, 0.25) is 0 Å². The summed E-state index contributed by atoms with van der Waals surface area (Å²) in [4.78, 5) is 4.02. The molecule has 1 unspecified atom stereocenters. The van der Waals surface area contributed by atoms with E-state index in [0.717, 1.165) is 0 Å². The summed E-state index contributed by atoms with van der Waals surface area (Å²) in [5.74, 6) is 0. The highest BCUT2D eigenvalue weighted by molar-refractivity contribution is 5.47. The van der Waals surface area contributed by atoms with Crippen molar-refractivity contribution >= 4 is 5.65 Å². The van der Waals surface area contributed by atoms with Crippen molar-refractivity contribution in [2.45, 2.75) is 6.10 Å². The van der Waals surface area contributed by atoms with Crippen molar-refractivity contribution in [3.8, 4) is 0 Å². The highest BCUT2D eigenvalue weighted by atomic mass is 16.3. The van der Waals surface area contributed by atoms with Crippen LogP contribution >= 0.6 is 0 Å². The molecule has 68 valence electrons. The maximum absolute atomic E-state index is 9.54. The average molecular weight is 178 g/mol. The van der Waals surface area contributed by atoms with E-state index in [1.165, 1.54) is 6.33 Å². The number of pyridine rings is 1. The van der Waals surface area contributed by atoms with Gasteiger partial charge in [0.2, 0.25) is 0 Å². The molecule has 1 atom stereocenters. The van der Waals surface area contributed by atoms with Gasteiger partial charge in [-0.1, -0.05) is 6.07 Å². The van der Waals surface area contributed by atoms with Gasteiger partial charge in [-0.25, -0.2) is 9.50 Å². The van der Waals surface area contributed by atoms with Gasteiger partial charge in [-0.15, -0.1) is 0 Å². The van der Waals surface area contributed by atoms with Crippen LogP contribution in [0, 0.1) is 0 Å². The third-order valence-electron chi connectivity index (χ3n) is 1.92. The SMILES string of the molecule is NCC(O)c1cccn2ncnc12. The smallest absolute Gasteiger partial charge is 0.161 e. The van der Waals surface area contributed by atoms with Gasteiger partial charge >= 0.3 is 0 Å². The van der Waals surface area contributed by atoms with Gasteiger partial charge in [0.25, 0.3) is 0 Å². The topological polar surface area (TPSA) is 76.4 Å². The summed E-state index contributed by atoms with van der Waals surface area (Å²) in [7, 11) is 0. The third-order valence-corrected chi connectivity index (χ3v) is 1.92. The predicted molar refractivity (Wildman–Crippen MR) is 47.0 cm³/mol. The molecule has 0 spiro atoms. The molecular formula is C8H10N4O. The first-order chi connectivity index (χ1) is 6.33. The zero-order valence-electron chi connectivity index (χ0n) is 6.96. The number of aliphatic hydroxyl groups excluding tert-OH is 1. The highest BCUT2D eigenvalue weighted by Gasteiger charge is 2.10. The normalized spacial score (nSPS) is 13.4. The van der Waals surface area contributed by atoms with Crippen LogP contribution in [0.1, 0.15) is 11.7 Å². The minimum atomic E-state index is -0.673. The number of rotatable bonds is 2. The van der Waals surface area contributed by atoms with Gasteiger partial charge in [0.1, 0.15) is 6.33 Å². The van der Waals surface area contributed by atoms with Crippen molar-refractivity contribution in [3.05, 3.63) is 30.2 Å². The minimum absolute atomic E-state index is 0.187.